The Morgan fingerprint density at radius 2 is 1.63 bits per heavy atom. The van der Waals surface area contributed by atoms with Crippen LogP contribution in [0, 0.1) is 6.92 Å². The van der Waals surface area contributed by atoms with Gasteiger partial charge in [0.15, 0.2) is 0 Å². The molecule has 6 nitrogen and oxygen atoms in total. The molecule has 1 N–H and O–H groups in total. The second-order valence-electron chi connectivity index (χ2n) is 6.96. The molecule has 0 radical (unpaired) electrons. The lowest BCUT2D eigenvalue weighted by Gasteiger charge is -2.34. The number of aryl methyl sites for hydroxylation is 1. The molecule has 1 aliphatic heterocycles. The van der Waals surface area contributed by atoms with Crippen LogP contribution in [0.5, 0.6) is 0 Å². The van der Waals surface area contributed by atoms with Crippen LogP contribution in [-0.4, -0.2) is 60.7 Å². The Hall–Kier alpha value is -2.34. The Kier molecular flexibility index (Phi) is 6.50. The highest BCUT2D eigenvalue weighted by Gasteiger charge is 2.18. The van der Waals surface area contributed by atoms with Crippen molar-refractivity contribution in [2.24, 2.45) is 0 Å². The molecule has 27 heavy (non-hydrogen) atoms. The van der Waals surface area contributed by atoms with Crippen LogP contribution in [0.15, 0.2) is 30.3 Å². The molecule has 0 bridgehead atoms. The molecule has 146 valence electrons. The second kappa shape index (κ2) is 9.04. The number of rotatable bonds is 7. The van der Waals surface area contributed by atoms with Gasteiger partial charge in [0.25, 0.3) is 0 Å². The Bertz CT molecular complexity index is 718. The number of aromatic nitrogens is 2. The Balaban J connectivity index is 1.71. The summed E-state index contributed by atoms with van der Waals surface area (Å²) in [6, 6.07) is 10.6. The van der Waals surface area contributed by atoms with E-state index < -0.39 is 0 Å². The van der Waals surface area contributed by atoms with Gasteiger partial charge >= 0.3 is 0 Å². The fourth-order valence-corrected chi connectivity index (χ4v) is 3.54. The fraction of sp³-hybridized carbons (Fsp3) is 0.524. The molecule has 0 amide bonds. The number of anilines is 4. The molecule has 0 unspecified atom stereocenters. The van der Waals surface area contributed by atoms with Gasteiger partial charge in [-0.15, -0.1) is 0 Å². The van der Waals surface area contributed by atoms with Gasteiger partial charge in [-0.25, -0.2) is 4.98 Å². The summed E-state index contributed by atoms with van der Waals surface area (Å²) < 4.78 is 0. The van der Waals surface area contributed by atoms with Crippen LogP contribution in [0.25, 0.3) is 0 Å². The number of piperazine rings is 1. The summed E-state index contributed by atoms with van der Waals surface area (Å²) in [4.78, 5) is 16.5. The van der Waals surface area contributed by atoms with Gasteiger partial charge in [0.05, 0.1) is 0 Å². The smallest absolute Gasteiger partial charge is 0.229 e. The van der Waals surface area contributed by atoms with Crippen molar-refractivity contribution < 1.29 is 0 Å². The average molecular weight is 369 g/mol. The SMILES string of the molecule is CCN1CCN(c2cc(C)nc(Nc3ccc(N(CC)CC)cc3)n2)CC1. The maximum absolute atomic E-state index is 4.77. The summed E-state index contributed by atoms with van der Waals surface area (Å²) in [6.45, 7) is 16.0. The first kappa shape index (κ1) is 19.4. The van der Waals surface area contributed by atoms with E-state index in [1.807, 2.05) is 6.92 Å². The summed E-state index contributed by atoms with van der Waals surface area (Å²) in [6.07, 6.45) is 0. The third-order valence-corrected chi connectivity index (χ3v) is 5.24. The van der Waals surface area contributed by atoms with Gasteiger partial charge in [-0.2, -0.15) is 4.98 Å². The van der Waals surface area contributed by atoms with Crippen LogP contribution in [-0.2, 0) is 0 Å². The van der Waals surface area contributed by atoms with Crippen LogP contribution in [0.1, 0.15) is 26.5 Å². The van der Waals surface area contributed by atoms with E-state index in [0.717, 1.165) is 63.0 Å². The number of hydrogen-bond acceptors (Lipinski definition) is 6. The van der Waals surface area contributed by atoms with Crippen LogP contribution in [0.4, 0.5) is 23.1 Å². The summed E-state index contributed by atoms with van der Waals surface area (Å²) in [7, 11) is 0. The maximum atomic E-state index is 4.77. The zero-order valence-electron chi connectivity index (χ0n) is 17.1. The predicted octanol–water partition coefficient (Wildman–Crippen LogP) is 3.52. The van der Waals surface area contributed by atoms with Crippen LogP contribution >= 0.6 is 0 Å². The molecular weight excluding hydrogens is 336 g/mol. The van der Waals surface area contributed by atoms with Gasteiger partial charge in [0.1, 0.15) is 5.82 Å². The van der Waals surface area contributed by atoms with Gasteiger partial charge in [-0.05, 0) is 51.6 Å². The Morgan fingerprint density at radius 3 is 2.22 bits per heavy atom. The number of nitrogens with zero attached hydrogens (tertiary/aromatic N) is 5. The third kappa shape index (κ3) is 4.89. The molecule has 3 rings (SSSR count). The standard InChI is InChI=1S/C21H32N6/c1-5-25-12-14-27(15-13-25)20-16-17(4)22-21(24-20)23-18-8-10-19(11-9-18)26(6-2)7-3/h8-11,16H,5-7,12-15H2,1-4H3,(H,22,23,24). The maximum Gasteiger partial charge on any atom is 0.229 e. The molecule has 1 aliphatic rings. The monoisotopic (exact) mass is 368 g/mol. The van der Waals surface area contributed by atoms with Crippen LogP contribution < -0.4 is 15.1 Å². The topological polar surface area (TPSA) is 47.5 Å². The minimum atomic E-state index is 0.665. The molecule has 0 atom stereocenters. The Labute approximate surface area is 163 Å². The van der Waals surface area contributed by atoms with Crippen molar-refractivity contribution in [3.05, 3.63) is 36.0 Å². The second-order valence-corrected chi connectivity index (χ2v) is 6.96. The highest BCUT2D eigenvalue weighted by molar-refractivity contribution is 5.60. The Morgan fingerprint density at radius 1 is 0.963 bits per heavy atom. The zero-order chi connectivity index (χ0) is 19.2. The number of hydrogen-bond donors (Lipinski definition) is 1. The van der Waals surface area contributed by atoms with Crippen LogP contribution in [0.3, 0.4) is 0 Å². The first-order valence-corrected chi connectivity index (χ1v) is 10.1. The molecule has 1 fully saturated rings. The average Bonchev–Trinajstić information content (AvgIpc) is 2.70. The van der Waals surface area contributed by atoms with E-state index in [1.54, 1.807) is 0 Å². The van der Waals surface area contributed by atoms with E-state index in [9.17, 15) is 0 Å². The van der Waals surface area contributed by atoms with Crippen molar-refractivity contribution in [1.29, 1.82) is 0 Å². The molecule has 0 saturated carbocycles. The molecule has 0 aliphatic carbocycles. The number of likely N-dealkylation sites (N-methyl/N-ethyl adjacent to an activating group) is 1. The molecule has 1 saturated heterocycles. The van der Waals surface area contributed by atoms with Crippen molar-refractivity contribution in [3.63, 3.8) is 0 Å². The molecule has 1 aromatic carbocycles. The largest absolute Gasteiger partial charge is 0.372 e. The first-order chi connectivity index (χ1) is 13.1. The van der Waals surface area contributed by atoms with Crippen molar-refractivity contribution in [2.75, 3.05) is 60.9 Å². The number of benzene rings is 1. The van der Waals surface area contributed by atoms with Crippen molar-refractivity contribution >= 4 is 23.1 Å². The lowest BCUT2D eigenvalue weighted by molar-refractivity contribution is 0.270. The summed E-state index contributed by atoms with van der Waals surface area (Å²) in [5, 5.41) is 3.37. The fourth-order valence-electron chi connectivity index (χ4n) is 3.54. The van der Waals surface area contributed by atoms with Gasteiger partial charge in [-0.3, -0.25) is 0 Å². The quantitative estimate of drug-likeness (QED) is 0.807. The molecule has 6 heteroatoms. The molecule has 0 spiro atoms. The minimum absolute atomic E-state index is 0.665. The molecule has 2 heterocycles. The van der Waals surface area contributed by atoms with E-state index in [4.69, 9.17) is 4.98 Å². The lowest BCUT2D eigenvalue weighted by Crippen LogP contribution is -2.46. The predicted molar refractivity (Wildman–Crippen MR) is 114 cm³/mol. The van der Waals surface area contributed by atoms with E-state index in [2.05, 4.69) is 76.1 Å². The first-order valence-electron chi connectivity index (χ1n) is 10.1. The molecular formula is C21H32N6. The normalized spacial score (nSPS) is 15.0. The minimum Gasteiger partial charge on any atom is -0.372 e. The zero-order valence-corrected chi connectivity index (χ0v) is 17.1. The lowest BCUT2D eigenvalue weighted by atomic mass is 10.2. The van der Waals surface area contributed by atoms with Gasteiger partial charge in [0, 0.05) is 62.4 Å². The van der Waals surface area contributed by atoms with Crippen LogP contribution in [0.2, 0.25) is 0 Å². The van der Waals surface area contributed by atoms with Crippen molar-refractivity contribution in [1.82, 2.24) is 14.9 Å². The van der Waals surface area contributed by atoms with Crippen molar-refractivity contribution in [3.8, 4) is 0 Å². The third-order valence-electron chi connectivity index (χ3n) is 5.24. The van der Waals surface area contributed by atoms with Gasteiger partial charge < -0.3 is 20.0 Å². The molecule has 1 aromatic heterocycles. The summed E-state index contributed by atoms with van der Waals surface area (Å²) >= 11 is 0. The summed E-state index contributed by atoms with van der Waals surface area (Å²) in [5.74, 6) is 1.68. The van der Waals surface area contributed by atoms with Gasteiger partial charge in [0.2, 0.25) is 5.95 Å². The van der Waals surface area contributed by atoms with Gasteiger partial charge in [-0.1, -0.05) is 6.92 Å². The van der Waals surface area contributed by atoms with Crippen molar-refractivity contribution in [2.45, 2.75) is 27.7 Å². The highest BCUT2D eigenvalue weighted by Crippen LogP contribution is 2.22. The number of nitrogens with one attached hydrogen (secondary N) is 1. The van der Waals surface area contributed by atoms with E-state index in [-0.39, 0.29) is 0 Å². The van der Waals surface area contributed by atoms with E-state index in [0.29, 0.717) is 5.95 Å². The molecule has 2 aromatic rings. The summed E-state index contributed by atoms with van der Waals surface area (Å²) in [5.41, 5.74) is 3.24. The van der Waals surface area contributed by atoms with E-state index >= 15 is 0 Å². The highest BCUT2D eigenvalue weighted by atomic mass is 15.3. The van der Waals surface area contributed by atoms with E-state index in [1.165, 1.54) is 5.69 Å².